The number of hydrogen-bond acceptors (Lipinski definition) is 3. The Morgan fingerprint density at radius 3 is 3.00 bits per heavy atom. The van der Waals surface area contributed by atoms with E-state index in [1.165, 1.54) is 4.88 Å². The van der Waals surface area contributed by atoms with Gasteiger partial charge in [-0.1, -0.05) is 0 Å². The molecular formula is C12H17BrN2OS. The van der Waals surface area contributed by atoms with Crippen molar-refractivity contribution in [1.29, 1.82) is 0 Å². The minimum Gasteiger partial charge on any atom is -0.336 e. The highest BCUT2D eigenvalue weighted by Crippen LogP contribution is 2.23. The quantitative estimate of drug-likeness (QED) is 0.926. The maximum Gasteiger partial charge on any atom is 0.240 e. The Bertz CT molecular complexity index is 388. The maximum atomic E-state index is 12.2. The first-order valence-electron chi connectivity index (χ1n) is 5.97. The lowest BCUT2D eigenvalue weighted by molar-refractivity contribution is -0.133. The largest absolute Gasteiger partial charge is 0.336 e. The van der Waals surface area contributed by atoms with Gasteiger partial charge in [0.1, 0.15) is 0 Å². The SMILES string of the molecule is CCN(Cc1ccc(Br)s1)C(=O)C1CCCN1. The molecule has 17 heavy (non-hydrogen) atoms. The van der Waals surface area contributed by atoms with Crippen LogP contribution >= 0.6 is 27.3 Å². The molecule has 1 N–H and O–H groups in total. The minimum absolute atomic E-state index is 0.0401. The van der Waals surface area contributed by atoms with E-state index in [4.69, 9.17) is 0 Å². The average molecular weight is 317 g/mol. The van der Waals surface area contributed by atoms with E-state index in [9.17, 15) is 4.79 Å². The number of nitrogens with one attached hydrogen (secondary N) is 1. The van der Waals surface area contributed by atoms with Crippen LogP contribution in [-0.2, 0) is 11.3 Å². The summed E-state index contributed by atoms with van der Waals surface area (Å²) in [4.78, 5) is 15.4. The van der Waals surface area contributed by atoms with Gasteiger partial charge in [-0.05, 0) is 54.4 Å². The van der Waals surface area contributed by atoms with Crippen LogP contribution < -0.4 is 5.32 Å². The van der Waals surface area contributed by atoms with Crippen molar-refractivity contribution in [2.45, 2.75) is 32.4 Å². The summed E-state index contributed by atoms with van der Waals surface area (Å²) in [6, 6.07) is 4.15. The van der Waals surface area contributed by atoms with Crippen LogP contribution in [0.1, 0.15) is 24.6 Å². The molecule has 0 saturated carbocycles. The third-order valence-corrected chi connectivity index (χ3v) is 4.64. The number of thiophene rings is 1. The Balaban J connectivity index is 1.98. The number of nitrogens with zero attached hydrogens (tertiary/aromatic N) is 1. The molecule has 2 heterocycles. The molecule has 0 aliphatic carbocycles. The van der Waals surface area contributed by atoms with Gasteiger partial charge in [0.2, 0.25) is 5.91 Å². The number of carbonyl (C=O) groups is 1. The molecule has 5 heteroatoms. The van der Waals surface area contributed by atoms with Gasteiger partial charge in [0.25, 0.3) is 0 Å². The van der Waals surface area contributed by atoms with Crippen molar-refractivity contribution in [3.05, 3.63) is 20.8 Å². The summed E-state index contributed by atoms with van der Waals surface area (Å²) in [5.41, 5.74) is 0. The zero-order valence-corrected chi connectivity index (χ0v) is 12.3. The van der Waals surface area contributed by atoms with Gasteiger partial charge < -0.3 is 10.2 Å². The predicted molar refractivity (Wildman–Crippen MR) is 74.1 cm³/mol. The van der Waals surface area contributed by atoms with Gasteiger partial charge in [-0.25, -0.2) is 0 Å². The normalized spacial score (nSPS) is 19.5. The van der Waals surface area contributed by atoms with Crippen molar-refractivity contribution >= 4 is 33.2 Å². The Hall–Kier alpha value is -0.390. The average Bonchev–Trinajstić information content (AvgIpc) is 2.96. The topological polar surface area (TPSA) is 32.3 Å². The van der Waals surface area contributed by atoms with Crippen molar-refractivity contribution in [2.75, 3.05) is 13.1 Å². The first-order valence-corrected chi connectivity index (χ1v) is 7.58. The van der Waals surface area contributed by atoms with Crippen LogP contribution in [0, 0.1) is 0 Å². The summed E-state index contributed by atoms with van der Waals surface area (Å²) < 4.78 is 1.12. The van der Waals surface area contributed by atoms with E-state index in [0.717, 1.165) is 36.3 Å². The summed E-state index contributed by atoms with van der Waals surface area (Å²) in [6.07, 6.45) is 2.09. The van der Waals surface area contributed by atoms with E-state index < -0.39 is 0 Å². The summed E-state index contributed by atoms with van der Waals surface area (Å²) in [7, 11) is 0. The number of halogens is 1. The van der Waals surface area contributed by atoms with Gasteiger partial charge >= 0.3 is 0 Å². The van der Waals surface area contributed by atoms with Crippen LogP contribution in [0.2, 0.25) is 0 Å². The molecule has 1 atom stereocenters. The predicted octanol–water partition coefficient (Wildman–Crippen LogP) is 2.61. The van der Waals surface area contributed by atoms with Crippen LogP contribution in [0.15, 0.2) is 15.9 Å². The molecule has 1 aliphatic rings. The number of hydrogen-bond donors (Lipinski definition) is 1. The summed E-state index contributed by atoms with van der Waals surface area (Å²) in [5, 5.41) is 3.27. The monoisotopic (exact) mass is 316 g/mol. The molecule has 1 fully saturated rings. The zero-order valence-electron chi connectivity index (χ0n) is 9.91. The van der Waals surface area contributed by atoms with Gasteiger partial charge in [0.15, 0.2) is 0 Å². The summed E-state index contributed by atoms with van der Waals surface area (Å²) >= 11 is 5.14. The minimum atomic E-state index is 0.0401. The first-order chi connectivity index (χ1) is 8.20. The van der Waals surface area contributed by atoms with E-state index in [1.807, 2.05) is 17.9 Å². The number of likely N-dealkylation sites (N-methyl/N-ethyl adjacent to an activating group) is 1. The van der Waals surface area contributed by atoms with E-state index in [0.29, 0.717) is 0 Å². The van der Waals surface area contributed by atoms with Crippen LogP contribution in [0.5, 0.6) is 0 Å². The van der Waals surface area contributed by atoms with E-state index in [-0.39, 0.29) is 11.9 Å². The lowest BCUT2D eigenvalue weighted by Gasteiger charge is -2.23. The molecule has 2 rings (SSSR count). The molecule has 0 aromatic carbocycles. The fraction of sp³-hybridized carbons (Fsp3) is 0.583. The zero-order chi connectivity index (χ0) is 12.3. The molecule has 0 radical (unpaired) electrons. The Labute approximate surface area is 114 Å². The molecule has 3 nitrogen and oxygen atoms in total. The van der Waals surface area contributed by atoms with Gasteiger partial charge in [-0.3, -0.25) is 4.79 Å². The fourth-order valence-electron chi connectivity index (χ4n) is 2.09. The van der Waals surface area contributed by atoms with Gasteiger partial charge in [-0.15, -0.1) is 11.3 Å². The van der Waals surface area contributed by atoms with Crippen LogP contribution in [0.25, 0.3) is 0 Å². The van der Waals surface area contributed by atoms with E-state index in [2.05, 4.69) is 27.3 Å². The Morgan fingerprint density at radius 2 is 2.47 bits per heavy atom. The Morgan fingerprint density at radius 1 is 1.65 bits per heavy atom. The lowest BCUT2D eigenvalue weighted by Crippen LogP contribution is -2.43. The van der Waals surface area contributed by atoms with Crippen LogP contribution in [0.4, 0.5) is 0 Å². The molecule has 94 valence electrons. The Kier molecular flexibility index (Phi) is 4.59. The highest BCUT2D eigenvalue weighted by molar-refractivity contribution is 9.11. The lowest BCUT2D eigenvalue weighted by atomic mass is 10.2. The highest BCUT2D eigenvalue weighted by Gasteiger charge is 2.26. The standard InChI is InChI=1S/C12H17BrN2OS/c1-2-15(8-9-5-6-11(13)17-9)12(16)10-4-3-7-14-10/h5-6,10,14H,2-4,7-8H2,1H3. The van der Waals surface area contributed by atoms with Crippen molar-refractivity contribution in [1.82, 2.24) is 10.2 Å². The second kappa shape index (κ2) is 5.98. The summed E-state index contributed by atoms with van der Waals surface area (Å²) in [6.45, 7) is 4.50. The van der Waals surface area contributed by atoms with Gasteiger partial charge in [-0.2, -0.15) is 0 Å². The number of amides is 1. The molecule has 1 saturated heterocycles. The molecule has 1 amide bonds. The van der Waals surface area contributed by atoms with E-state index >= 15 is 0 Å². The van der Waals surface area contributed by atoms with Crippen LogP contribution in [0.3, 0.4) is 0 Å². The third kappa shape index (κ3) is 3.30. The number of carbonyl (C=O) groups excluding carboxylic acids is 1. The van der Waals surface area contributed by atoms with Gasteiger partial charge in [0.05, 0.1) is 16.4 Å². The molecule has 0 bridgehead atoms. The van der Waals surface area contributed by atoms with Gasteiger partial charge in [0, 0.05) is 11.4 Å². The van der Waals surface area contributed by atoms with E-state index in [1.54, 1.807) is 11.3 Å². The molecular weight excluding hydrogens is 300 g/mol. The van der Waals surface area contributed by atoms with Crippen molar-refractivity contribution < 1.29 is 4.79 Å². The van der Waals surface area contributed by atoms with Crippen molar-refractivity contribution in [3.63, 3.8) is 0 Å². The number of rotatable bonds is 4. The summed E-state index contributed by atoms with van der Waals surface area (Å²) in [5.74, 6) is 0.245. The third-order valence-electron chi connectivity index (χ3n) is 3.03. The molecule has 1 unspecified atom stereocenters. The molecule has 1 aromatic heterocycles. The van der Waals surface area contributed by atoms with Crippen LogP contribution in [-0.4, -0.2) is 29.9 Å². The molecule has 1 aliphatic heterocycles. The fourth-order valence-corrected chi connectivity index (χ4v) is 3.59. The second-order valence-corrected chi connectivity index (χ2v) is 6.75. The smallest absolute Gasteiger partial charge is 0.240 e. The second-order valence-electron chi connectivity index (χ2n) is 4.21. The molecule has 0 spiro atoms. The highest BCUT2D eigenvalue weighted by atomic mass is 79.9. The van der Waals surface area contributed by atoms with Crippen molar-refractivity contribution in [2.24, 2.45) is 0 Å². The first kappa shape index (κ1) is 13.1. The maximum absolute atomic E-state index is 12.2. The molecule has 1 aromatic rings. The van der Waals surface area contributed by atoms with Crippen molar-refractivity contribution in [3.8, 4) is 0 Å².